The maximum atomic E-state index is 12.1. The number of amides is 3. The van der Waals surface area contributed by atoms with Crippen LogP contribution in [0.4, 0.5) is 11.4 Å². The van der Waals surface area contributed by atoms with Crippen LogP contribution in [0.25, 0.3) is 0 Å². The summed E-state index contributed by atoms with van der Waals surface area (Å²) in [5.41, 5.74) is 4.97. The molecule has 9 heteroatoms. The fraction of sp³-hybridized carbons (Fsp3) is 0.200. The first-order valence-corrected chi connectivity index (χ1v) is 9.38. The maximum absolute atomic E-state index is 12.1. The third-order valence-corrected chi connectivity index (χ3v) is 4.76. The molecule has 7 nitrogen and oxygen atoms in total. The Morgan fingerprint density at radius 1 is 0.966 bits per heavy atom. The van der Waals surface area contributed by atoms with Gasteiger partial charge in [-0.1, -0.05) is 35.3 Å². The number of anilines is 2. The lowest BCUT2D eigenvalue weighted by molar-refractivity contribution is -0.136. The van der Waals surface area contributed by atoms with Crippen molar-refractivity contribution >= 4 is 58.0 Å². The molecule has 0 heterocycles. The molecule has 3 N–H and O–H groups in total. The summed E-state index contributed by atoms with van der Waals surface area (Å²) in [5.74, 6) is -2.19. The third kappa shape index (κ3) is 6.58. The van der Waals surface area contributed by atoms with Gasteiger partial charge in [0.25, 0.3) is 0 Å². The van der Waals surface area contributed by atoms with Crippen molar-refractivity contribution in [2.24, 2.45) is 5.10 Å². The summed E-state index contributed by atoms with van der Waals surface area (Å²) in [6, 6.07) is 10.1. The number of hydrogen-bond acceptors (Lipinski definition) is 4. The number of benzene rings is 2. The SMILES string of the molecule is C/C(CC(=O)Nc1ccc(C)c(Cl)c1)=N\NC(=O)C(=O)Nc1cccc(Cl)c1C. The molecule has 2 aromatic rings. The molecule has 3 amide bonds. The highest BCUT2D eigenvalue weighted by atomic mass is 35.5. The first-order valence-electron chi connectivity index (χ1n) is 8.63. The van der Waals surface area contributed by atoms with Crippen LogP contribution >= 0.6 is 23.2 Å². The predicted molar refractivity (Wildman–Crippen MR) is 116 cm³/mol. The van der Waals surface area contributed by atoms with Gasteiger partial charge in [0.1, 0.15) is 0 Å². The number of nitrogens with zero attached hydrogens (tertiary/aromatic N) is 1. The molecule has 0 fully saturated rings. The van der Waals surface area contributed by atoms with Crippen LogP contribution in [0.3, 0.4) is 0 Å². The minimum atomic E-state index is -0.963. The van der Waals surface area contributed by atoms with Crippen LogP contribution in [0.15, 0.2) is 41.5 Å². The third-order valence-electron chi connectivity index (χ3n) is 3.94. The fourth-order valence-electron chi connectivity index (χ4n) is 2.27. The second-order valence-electron chi connectivity index (χ2n) is 6.34. The van der Waals surface area contributed by atoms with Crippen LogP contribution in [0.1, 0.15) is 24.5 Å². The van der Waals surface area contributed by atoms with Gasteiger partial charge in [0.05, 0.1) is 6.42 Å². The number of halogens is 2. The Balaban J connectivity index is 1.88. The second kappa shape index (κ2) is 10.0. The fourth-order valence-corrected chi connectivity index (χ4v) is 2.62. The van der Waals surface area contributed by atoms with E-state index in [1.165, 1.54) is 0 Å². The van der Waals surface area contributed by atoms with Gasteiger partial charge in [-0.3, -0.25) is 14.4 Å². The van der Waals surface area contributed by atoms with Gasteiger partial charge in [-0.2, -0.15) is 5.10 Å². The van der Waals surface area contributed by atoms with Crippen molar-refractivity contribution < 1.29 is 14.4 Å². The topological polar surface area (TPSA) is 99.7 Å². The molecule has 0 radical (unpaired) electrons. The van der Waals surface area contributed by atoms with Crippen LogP contribution in [-0.4, -0.2) is 23.4 Å². The summed E-state index contributed by atoms with van der Waals surface area (Å²) >= 11 is 12.0. The summed E-state index contributed by atoms with van der Waals surface area (Å²) in [6.45, 7) is 5.14. The van der Waals surface area contributed by atoms with E-state index in [0.29, 0.717) is 32.7 Å². The summed E-state index contributed by atoms with van der Waals surface area (Å²) in [5, 5.41) is 9.94. The number of carbonyl (C=O) groups is 3. The summed E-state index contributed by atoms with van der Waals surface area (Å²) < 4.78 is 0. The van der Waals surface area contributed by atoms with Crippen molar-refractivity contribution in [2.45, 2.75) is 27.2 Å². The highest BCUT2D eigenvalue weighted by molar-refractivity contribution is 6.40. The Hall–Kier alpha value is -2.90. The summed E-state index contributed by atoms with van der Waals surface area (Å²) in [7, 11) is 0. The van der Waals surface area contributed by atoms with E-state index in [0.717, 1.165) is 5.56 Å². The van der Waals surface area contributed by atoms with Gasteiger partial charge < -0.3 is 10.6 Å². The van der Waals surface area contributed by atoms with Crippen molar-refractivity contribution in [1.82, 2.24) is 5.43 Å². The number of hydrazone groups is 1. The number of aryl methyl sites for hydroxylation is 1. The van der Waals surface area contributed by atoms with E-state index in [1.807, 2.05) is 6.92 Å². The average molecular weight is 435 g/mol. The molecule has 0 saturated carbocycles. The molecule has 152 valence electrons. The van der Waals surface area contributed by atoms with Gasteiger partial charge in [0.15, 0.2) is 0 Å². The van der Waals surface area contributed by atoms with E-state index >= 15 is 0 Å². The van der Waals surface area contributed by atoms with E-state index in [-0.39, 0.29) is 12.3 Å². The van der Waals surface area contributed by atoms with E-state index in [4.69, 9.17) is 23.2 Å². The van der Waals surface area contributed by atoms with E-state index < -0.39 is 11.8 Å². The predicted octanol–water partition coefficient (Wildman–Crippen LogP) is 4.07. The van der Waals surface area contributed by atoms with Crippen molar-refractivity contribution in [3.8, 4) is 0 Å². The molecule has 0 aliphatic carbocycles. The zero-order valence-corrected chi connectivity index (χ0v) is 17.6. The molecule has 0 aliphatic heterocycles. The van der Waals surface area contributed by atoms with Gasteiger partial charge in [0.2, 0.25) is 5.91 Å². The molecule has 0 spiro atoms. The van der Waals surface area contributed by atoms with Crippen LogP contribution in [-0.2, 0) is 14.4 Å². The zero-order chi connectivity index (χ0) is 21.6. The van der Waals surface area contributed by atoms with Crippen LogP contribution in [0.2, 0.25) is 10.0 Å². The smallest absolute Gasteiger partial charge is 0.326 e. The van der Waals surface area contributed by atoms with Gasteiger partial charge in [-0.25, -0.2) is 5.43 Å². The summed E-state index contributed by atoms with van der Waals surface area (Å²) in [6.07, 6.45) is -0.0687. The van der Waals surface area contributed by atoms with Crippen molar-refractivity contribution in [2.75, 3.05) is 10.6 Å². The minimum Gasteiger partial charge on any atom is -0.326 e. The molecule has 0 bridgehead atoms. The van der Waals surface area contributed by atoms with Gasteiger partial charge in [-0.15, -0.1) is 0 Å². The Labute approximate surface area is 178 Å². The monoisotopic (exact) mass is 434 g/mol. The largest absolute Gasteiger partial charge is 0.329 e. The Bertz CT molecular complexity index is 990. The van der Waals surface area contributed by atoms with Crippen molar-refractivity contribution in [3.05, 3.63) is 57.6 Å². The molecule has 2 rings (SSSR count). The van der Waals surface area contributed by atoms with Crippen LogP contribution in [0, 0.1) is 13.8 Å². The number of nitrogens with one attached hydrogen (secondary N) is 3. The normalized spacial score (nSPS) is 11.0. The molecule has 29 heavy (non-hydrogen) atoms. The molecular formula is C20H20Cl2N4O3. The molecule has 0 aliphatic rings. The molecule has 0 saturated heterocycles. The molecular weight excluding hydrogens is 415 g/mol. The molecule has 0 unspecified atom stereocenters. The Morgan fingerprint density at radius 2 is 1.69 bits per heavy atom. The lowest BCUT2D eigenvalue weighted by atomic mass is 10.2. The van der Waals surface area contributed by atoms with Gasteiger partial charge in [0, 0.05) is 27.1 Å². The van der Waals surface area contributed by atoms with Crippen molar-refractivity contribution in [3.63, 3.8) is 0 Å². The highest BCUT2D eigenvalue weighted by Crippen LogP contribution is 2.23. The standard InChI is InChI=1S/C20H20Cl2N4O3/c1-11-7-8-14(10-16(11)22)23-18(27)9-12(2)25-26-20(29)19(28)24-17-6-4-5-15(21)13(17)3/h4-8,10H,9H2,1-3H3,(H,23,27)(H,24,28)(H,26,29)/b25-12+. The summed E-state index contributed by atoms with van der Waals surface area (Å²) in [4.78, 5) is 36.0. The highest BCUT2D eigenvalue weighted by Gasteiger charge is 2.15. The van der Waals surface area contributed by atoms with E-state index in [2.05, 4.69) is 21.2 Å². The lowest BCUT2D eigenvalue weighted by Crippen LogP contribution is -2.33. The van der Waals surface area contributed by atoms with Gasteiger partial charge in [-0.05, 0) is 56.2 Å². The minimum absolute atomic E-state index is 0.0687. The first kappa shape index (κ1) is 22.4. The number of rotatable bonds is 5. The number of carbonyl (C=O) groups excluding carboxylic acids is 3. The second-order valence-corrected chi connectivity index (χ2v) is 7.16. The average Bonchev–Trinajstić information content (AvgIpc) is 2.66. The molecule has 0 aromatic heterocycles. The van der Waals surface area contributed by atoms with Crippen LogP contribution < -0.4 is 16.1 Å². The van der Waals surface area contributed by atoms with E-state index in [9.17, 15) is 14.4 Å². The molecule has 2 aromatic carbocycles. The Morgan fingerprint density at radius 3 is 2.38 bits per heavy atom. The quantitative estimate of drug-likeness (QED) is 0.375. The van der Waals surface area contributed by atoms with Crippen LogP contribution in [0.5, 0.6) is 0 Å². The lowest BCUT2D eigenvalue weighted by Gasteiger charge is -2.09. The number of hydrogen-bond donors (Lipinski definition) is 3. The van der Waals surface area contributed by atoms with Crippen molar-refractivity contribution in [1.29, 1.82) is 0 Å². The Kier molecular flexibility index (Phi) is 7.75. The zero-order valence-electron chi connectivity index (χ0n) is 16.1. The first-order chi connectivity index (χ1) is 13.7. The maximum Gasteiger partial charge on any atom is 0.329 e. The van der Waals surface area contributed by atoms with Gasteiger partial charge >= 0.3 is 11.8 Å². The molecule has 0 atom stereocenters. The van der Waals surface area contributed by atoms with E-state index in [1.54, 1.807) is 50.2 Å².